The maximum absolute atomic E-state index is 12.7. The first kappa shape index (κ1) is 19.9. The van der Waals surface area contributed by atoms with Crippen molar-refractivity contribution in [3.05, 3.63) is 47.4 Å². The van der Waals surface area contributed by atoms with Gasteiger partial charge in [-0.15, -0.1) is 0 Å². The van der Waals surface area contributed by atoms with E-state index in [9.17, 15) is 4.79 Å². The van der Waals surface area contributed by atoms with Gasteiger partial charge in [0.25, 0.3) is 5.91 Å². The molecule has 1 aromatic heterocycles. The lowest BCUT2D eigenvalue weighted by Gasteiger charge is -2.20. The molecule has 0 aliphatic rings. The summed E-state index contributed by atoms with van der Waals surface area (Å²) in [7, 11) is 0. The van der Waals surface area contributed by atoms with Gasteiger partial charge in [-0.25, -0.2) is 9.97 Å². The normalized spacial score (nSPS) is 11.0. The van der Waals surface area contributed by atoms with Crippen molar-refractivity contribution in [2.75, 3.05) is 17.2 Å². The van der Waals surface area contributed by atoms with Gasteiger partial charge in [-0.2, -0.15) is 0 Å². The van der Waals surface area contributed by atoms with Crippen LogP contribution in [0.1, 0.15) is 80.9 Å². The zero-order chi connectivity index (χ0) is 19.1. The summed E-state index contributed by atoms with van der Waals surface area (Å²) >= 11 is 0. The number of carbonyl (C=O) groups is 1. The van der Waals surface area contributed by atoms with Gasteiger partial charge in [0, 0.05) is 12.2 Å². The van der Waals surface area contributed by atoms with Crippen molar-refractivity contribution in [2.45, 2.75) is 59.3 Å². The van der Waals surface area contributed by atoms with E-state index >= 15 is 0 Å². The minimum Gasteiger partial charge on any atom is -0.369 e. The second kappa shape index (κ2) is 9.32. The van der Waals surface area contributed by atoms with Gasteiger partial charge in [0.1, 0.15) is 11.5 Å². The fraction of sp³-hybridized carbons (Fsp3) is 0.476. The highest BCUT2D eigenvalue weighted by molar-refractivity contribution is 6.03. The van der Waals surface area contributed by atoms with E-state index in [1.807, 2.05) is 0 Å². The Morgan fingerprint density at radius 3 is 2.19 bits per heavy atom. The number of aromatic nitrogens is 2. The molecule has 0 radical (unpaired) electrons. The van der Waals surface area contributed by atoms with Crippen LogP contribution in [0, 0.1) is 0 Å². The quantitative estimate of drug-likeness (QED) is 0.640. The Labute approximate surface area is 156 Å². The Kier molecular flexibility index (Phi) is 7.13. The minimum atomic E-state index is -0.229. The molecule has 2 rings (SSSR count). The van der Waals surface area contributed by atoms with Crippen LogP contribution >= 0.6 is 0 Å². The van der Waals surface area contributed by atoms with E-state index in [4.69, 9.17) is 0 Å². The van der Waals surface area contributed by atoms with E-state index in [1.165, 1.54) is 6.20 Å². The molecule has 0 saturated heterocycles. The van der Waals surface area contributed by atoms with Crippen molar-refractivity contribution in [2.24, 2.45) is 0 Å². The number of nitrogens with zero attached hydrogens (tertiary/aromatic N) is 2. The van der Waals surface area contributed by atoms with Crippen LogP contribution in [0.3, 0.4) is 0 Å². The average Bonchev–Trinajstić information content (AvgIpc) is 2.62. The molecule has 140 valence electrons. The van der Waals surface area contributed by atoms with Gasteiger partial charge < -0.3 is 10.6 Å². The number of anilines is 2. The summed E-state index contributed by atoms with van der Waals surface area (Å²) in [5.74, 6) is 1.11. The molecule has 0 unspecified atom stereocenters. The number of amides is 1. The maximum atomic E-state index is 12.7. The molecule has 0 spiro atoms. The number of rotatable bonds is 8. The van der Waals surface area contributed by atoms with Crippen LogP contribution in [0.25, 0.3) is 0 Å². The fourth-order valence-electron chi connectivity index (χ4n) is 2.80. The molecule has 0 fully saturated rings. The Morgan fingerprint density at radius 2 is 1.69 bits per heavy atom. The zero-order valence-corrected chi connectivity index (χ0v) is 16.5. The summed E-state index contributed by atoms with van der Waals surface area (Å²) in [6, 6.07) is 6.19. The Morgan fingerprint density at radius 1 is 1.04 bits per heavy atom. The summed E-state index contributed by atoms with van der Waals surface area (Å²) in [5.41, 5.74) is 3.49. The smallest absolute Gasteiger partial charge is 0.275 e. The van der Waals surface area contributed by atoms with E-state index in [0.717, 1.165) is 36.2 Å². The van der Waals surface area contributed by atoms with E-state index in [0.29, 0.717) is 23.3 Å². The molecule has 2 aromatic rings. The summed E-state index contributed by atoms with van der Waals surface area (Å²) in [6.45, 7) is 11.5. The third-order valence-corrected chi connectivity index (χ3v) is 4.33. The largest absolute Gasteiger partial charge is 0.369 e. The fourth-order valence-corrected chi connectivity index (χ4v) is 2.80. The van der Waals surface area contributed by atoms with Crippen molar-refractivity contribution < 1.29 is 4.79 Å². The van der Waals surface area contributed by atoms with Gasteiger partial charge >= 0.3 is 0 Å². The average molecular weight is 354 g/mol. The van der Waals surface area contributed by atoms with Crippen molar-refractivity contribution in [1.29, 1.82) is 0 Å². The van der Waals surface area contributed by atoms with Gasteiger partial charge in [-0.1, -0.05) is 59.2 Å². The Balaban J connectivity index is 2.19. The van der Waals surface area contributed by atoms with Crippen LogP contribution in [0.4, 0.5) is 11.5 Å². The third-order valence-electron chi connectivity index (χ3n) is 4.33. The van der Waals surface area contributed by atoms with Gasteiger partial charge in [0.2, 0.25) is 0 Å². The minimum absolute atomic E-state index is 0.229. The monoisotopic (exact) mass is 354 g/mol. The molecule has 0 atom stereocenters. The highest BCUT2D eigenvalue weighted by atomic mass is 16.1. The molecule has 5 heteroatoms. The molecule has 0 bridgehead atoms. The molecule has 2 N–H and O–H groups in total. The maximum Gasteiger partial charge on any atom is 0.275 e. The standard InChI is InChI=1S/C21H30N4O/c1-6-7-11-22-19-13-23-18(12-24-19)21(26)25-20-16(14(2)3)9-8-10-17(20)15(4)5/h8-10,12-15H,6-7,11H2,1-5H3,(H,22,24)(H,25,26). The Hall–Kier alpha value is -2.43. The van der Waals surface area contributed by atoms with Crippen molar-refractivity contribution in [3.63, 3.8) is 0 Å². The van der Waals surface area contributed by atoms with Crippen LogP contribution in [0.2, 0.25) is 0 Å². The molecule has 5 nitrogen and oxygen atoms in total. The molecule has 1 heterocycles. The van der Waals surface area contributed by atoms with E-state index < -0.39 is 0 Å². The first-order valence-electron chi connectivity index (χ1n) is 9.44. The van der Waals surface area contributed by atoms with E-state index in [1.54, 1.807) is 6.20 Å². The number of para-hydroxylation sites is 1. The van der Waals surface area contributed by atoms with E-state index in [2.05, 4.69) is 73.4 Å². The molecule has 0 aliphatic carbocycles. The van der Waals surface area contributed by atoms with Crippen molar-refractivity contribution >= 4 is 17.4 Å². The molecule has 1 aromatic carbocycles. The predicted octanol–water partition coefficient (Wildman–Crippen LogP) is 5.19. The van der Waals surface area contributed by atoms with Crippen LogP contribution in [0.15, 0.2) is 30.6 Å². The lowest BCUT2D eigenvalue weighted by atomic mass is 9.92. The van der Waals surface area contributed by atoms with Gasteiger partial charge in [-0.3, -0.25) is 4.79 Å². The van der Waals surface area contributed by atoms with Crippen LogP contribution in [0.5, 0.6) is 0 Å². The molecule has 1 amide bonds. The van der Waals surface area contributed by atoms with Crippen LogP contribution in [-0.2, 0) is 0 Å². The number of benzene rings is 1. The second-order valence-electron chi connectivity index (χ2n) is 7.14. The predicted molar refractivity (Wildman–Crippen MR) is 108 cm³/mol. The lowest BCUT2D eigenvalue weighted by Crippen LogP contribution is -2.17. The summed E-state index contributed by atoms with van der Waals surface area (Å²) in [6.07, 6.45) is 5.33. The molecular weight excluding hydrogens is 324 g/mol. The summed E-state index contributed by atoms with van der Waals surface area (Å²) in [5, 5.41) is 6.27. The first-order valence-corrected chi connectivity index (χ1v) is 9.44. The van der Waals surface area contributed by atoms with Crippen LogP contribution in [-0.4, -0.2) is 22.4 Å². The number of unbranched alkanes of at least 4 members (excludes halogenated alkanes) is 1. The number of nitrogens with one attached hydrogen (secondary N) is 2. The second-order valence-corrected chi connectivity index (χ2v) is 7.14. The van der Waals surface area contributed by atoms with Crippen molar-refractivity contribution in [1.82, 2.24) is 9.97 Å². The summed E-state index contributed by atoms with van der Waals surface area (Å²) in [4.78, 5) is 21.3. The number of hydrogen-bond acceptors (Lipinski definition) is 4. The highest BCUT2D eigenvalue weighted by Crippen LogP contribution is 2.32. The van der Waals surface area contributed by atoms with E-state index in [-0.39, 0.29) is 5.91 Å². The number of carbonyl (C=O) groups excluding carboxylic acids is 1. The number of hydrogen-bond donors (Lipinski definition) is 2. The Bertz CT molecular complexity index is 697. The van der Waals surface area contributed by atoms with Gasteiger partial charge in [0.15, 0.2) is 0 Å². The summed E-state index contributed by atoms with van der Waals surface area (Å²) < 4.78 is 0. The SMILES string of the molecule is CCCCNc1cnc(C(=O)Nc2c(C(C)C)cccc2C(C)C)cn1. The zero-order valence-electron chi connectivity index (χ0n) is 16.5. The van der Waals surface area contributed by atoms with Gasteiger partial charge in [0.05, 0.1) is 12.4 Å². The highest BCUT2D eigenvalue weighted by Gasteiger charge is 2.17. The topological polar surface area (TPSA) is 66.9 Å². The lowest BCUT2D eigenvalue weighted by molar-refractivity contribution is 0.102. The molecular formula is C21H30N4O. The van der Waals surface area contributed by atoms with Crippen LogP contribution < -0.4 is 10.6 Å². The molecule has 26 heavy (non-hydrogen) atoms. The molecule has 0 saturated carbocycles. The third kappa shape index (κ3) is 5.04. The van der Waals surface area contributed by atoms with Gasteiger partial charge in [-0.05, 0) is 29.4 Å². The van der Waals surface area contributed by atoms with Crippen molar-refractivity contribution in [3.8, 4) is 0 Å². The molecule has 0 aliphatic heterocycles. The first-order chi connectivity index (χ1) is 12.4.